The normalized spacial score (nSPS) is 14.9. The maximum atomic E-state index is 7.79. The SMILES string of the molecule is Cl.[2H]C([2H])([2H])N(Cc1ccccc1)C(C)Cc1ccccc1. The van der Waals surface area contributed by atoms with Crippen molar-refractivity contribution in [3.8, 4) is 0 Å². The lowest BCUT2D eigenvalue weighted by Crippen LogP contribution is -2.30. The van der Waals surface area contributed by atoms with Gasteiger partial charge >= 0.3 is 0 Å². The second kappa shape index (κ2) is 7.98. The zero-order valence-corrected chi connectivity index (χ0v) is 11.9. The molecule has 0 aliphatic rings. The molecule has 0 aromatic heterocycles. The van der Waals surface area contributed by atoms with E-state index in [-0.39, 0.29) is 18.4 Å². The van der Waals surface area contributed by atoms with E-state index in [0.717, 1.165) is 17.5 Å². The third-order valence-electron chi connectivity index (χ3n) is 3.10. The van der Waals surface area contributed by atoms with Gasteiger partial charge in [0.25, 0.3) is 0 Å². The van der Waals surface area contributed by atoms with Crippen molar-refractivity contribution in [2.24, 2.45) is 0 Å². The highest BCUT2D eigenvalue weighted by Crippen LogP contribution is 2.10. The molecular formula is C17H22ClN. The standard InChI is InChI=1S/C17H21N.ClH/c1-15(13-16-9-5-3-6-10-16)18(2)14-17-11-7-4-8-12-17;/h3-12,15H,13-14H2,1-2H3;1H/i2D3;. The van der Waals surface area contributed by atoms with Crippen LogP contribution in [0.3, 0.4) is 0 Å². The minimum atomic E-state index is -2.09. The molecule has 19 heavy (non-hydrogen) atoms. The van der Waals surface area contributed by atoms with Gasteiger partial charge in [-0.1, -0.05) is 60.7 Å². The maximum absolute atomic E-state index is 7.79. The average molecular weight is 279 g/mol. The number of hydrogen-bond acceptors (Lipinski definition) is 1. The van der Waals surface area contributed by atoms with Gasteiger partial charge < -0.3 is 0 Å². The molecule has 0 heterocycles. The van der Waals surface area contributed by atoms with Crippen LogP contribution in [0.15, 0.2) is 60.7 Å². The highest BCUT2D eigenvalue weighted by molar-refractivity contribution is 5.85. The van der Waals surface area contributed by atoms with Gasteiger partial charge in [0.1, 0.15) is 0 Å². The van der Waals surface area contributed by atoms with E-state index < -0.39 is 6.98 Å². The van der Waals surface area contributed by atoms with Crippen molar-refractivity contribution in [2.45, 2.75) is 25.9 Å². The Morgan fingerprint density at radius 1 is 0.947 bits per heavy atom. The summed E-state index contributed by atoms with van der Waals surface area (Å²) in [5, 5.41) is 0. The molecule has 0 radical (unpaired) electrons. The lowest BCUT2D eigenvalue weighted by molar-refractivity contribution is 0.248. The van der Waals surface area contributed by atoms with Gasteiger partial charge in [0.05, 0.1) is 0 Å². The van der Waals surface area contributed by atoms with Gasteiger partial charge in [-0.3, -0.25) is 4.90 Å². The topological polar surface area (TPSA) is 3.24 Å². The molecule has 0 aliphatic heterocycles. The predicted molar refractivity (Wildman–Crippen MR) is 84.8 cm³/mol. The zero-order valence-electron chi connectivity index (χ0n) is 14.1. The Hall–Kier alpha value is -1.31. The van der Waals surface area contributed by atoms with Crippen LogP contribution in [0.1, 0.15) is 22.2 Å². The van der Waals surface area contributed by atoms with Crippen molar-refractivity contribution in [3.05, 3.63) is 71.8 Å². The molecule has 0 bridgehead atoms. The molecule has 0 N–H and O–H groups in total. The molecule has 0 amide bonds. The van der Waals surface area contributed by atoms with Gasteiger partial charge in [0.2, 0.25) is 0 Å². The van der Waals surface area contributed by atoms with E-state index in [1.165, 1.54) is 0 Å². The van der Waals surface area contributed by atoms with Crippen molar-refractivity contribution < 1.29 is 4.11 Å². The van der Waals surface area contributed by atoms with Crippen molar-refractivity contribution >= 4 is 12.4 Å². The molecule has 0 aliphatic carbocycles. The average Bonchev–Trinajstić information content (AvgIpc) is 2.45. The molecular weight excluding hydrogens is 254 g/mol. The lowest BCUT2D eigenvalue weighted by Gasteiger charge is -2.24. The number of rotatable bonds is 5. The summed E-state index contributed by atoms with van der Waals surface area (Å²) in [5.41, 5.74) is 2.18. The number of likely N-dealkylation sites (N-methyl/N-ethyl adjacent to an activating group) is 1. The van der Waals surface area contributed by atoms with Crippen LogP contribution in [0.4, 0.5) is 0 Å². The number of hydrogen-bond donors (Lipinski definition) is 0. The fourth-order valence-corrected chi connectivity index (χ4v) is 2.00. The maximum Gasteiger partial charge on any atom is 0.0394 e. The largest absolute Gasteiger partial charge is 0.299 e. The van der Waals surface area contributed by atoms with Gasteiger partial charge in [0, 0.05) is 16.7 Å². The van der Waals surface area contributed by atoms with Crippen molar-refractivity contribution in [1.82, 2.24) is 4.90 Å². The van der Waals surface area contributed by atoms with E-state index in [0.29, 0.717) is 6.54 Å². The molecule has 2 aromatic rings. The number of halogens is 1. The second-order valence-corrected chi connectivity index (χ2v) is 4.65. The van der Waals surface area contributed by atoms with E-state index in [2.05, 4.69) is 0 Å². The van der Waals surface area contributed by atoms with Gasteiger partial charge in [-0.25, -0.2) is 0 Å². The molecule has 0 saturated carbocycles. The summed E-state index contributed by atoms with van der Waals surface area (Å²) in [4.78, 5) is 1.59. The summed E-state index contributed by atoms with van der Waals surface area (Å²) in [6.07, 6.45) is 0.728. The Balaban J connectivity index is 0.00000242. The van der Waals surface area contributed by atoms with Crippen LogP contribution >= 0.6 is 12.4 Å². The van der Waals surface area contributed by atoms with Crippen molar-refractivity contribution in [2.75, 3.05) is 6.98 Å². The summed E-state index contributed by atoms with van der Waals surface area (Å²) in [6, 6.07) is 19.7. The molecule has 2 aromatic carbocycles. The van der Waals surface area contributed by atoms with Gasteiger partial charge in [-0.2, -0.15) is 0 Å². The van der Waals surface area contributed by atoms with Crippen LogP contribution < -0.4 is 0 Å². The Kier molecular flexibility index (Phi) is 4.84. The summed E-state index contributed by atoms with van der Waals surface area (Å²) in [7, 11) is 0. The smallest absolute Gasteiger partial charge is 0.0394 e. The lowest BCUT2D eigenvalue weighted by atomic mass is 10.1. The summed E-state index contributed by atoms with van der Waals surface area (Å²) >= 11 is 0. The molecule has 1 atom stereocenters. The van der Waals surface area contributed by atoms with E-state index >= 15 is 0 Å². The molecule has 0 saturated heterocycles. The fourth-order valence-electron chi connectivity index (χ4n) is 2.00. The van der Waals surface area contributed by atoms with Crippen LogP contribution in [0.2, 0.25) is 0 Å². The Morgan fingerprint density at radius 3 is 2.00 bits per heavy atom. The first-order valence-corrected chi connectivity index (χ1v) is 6.31. The summed E-state index contributed by atoms with van der Waals surface area (Å²) < 4.78 is 23.4. The monoisotopic (exact) mass is 278 g/mol. The Morgan fingerprint density at radius 2 is 1.47 bits per heavy atom. The quantitative estimate of drug-likeness (QED) is 0.793. The van der Waals surface area contributed by atoms with E-state index in [1.54, 1.807) is 4.90 Å². The number of nitrogens with zero attached hydrogens (tertiary/aromatic N) is 1. The van der Waals surface area contributed by atoms with Crippen molar-refractivity contribution in [3.63, 3.8) is 0 Å². The summed E-state index contributed by atoms with van der Waals surface area (Å²) in [5.74, 6) is 0. The molecule has 2 rings (SSSR count). The van der Waals surface area contributed by atoms with E-state index in [9.17, 15) is 0 Å². The molecule has 2 heteroatoms. The van der Waals surface area contributed by atoms with Crippen LogP contribution in [0.25, 0.3) is 0 Å². The Bertz CT molecular complexity index is 543. The highest BCUT2D eigenvalue weighted by atomic mass is 35.5. The minimum absolute atomic E-state index is 0. The fraction of sp³-hybridized carbons (Fsp3) is 0.294. The van der Waals surface area contributed by atoms with Crippen LogP contribution in [-0.2, 0) is 13.0 Å². The summed E-state index contributed by atoms with van der Waals surface area (Å²) in [6.45, 7) is 0.317. The van der Waals surface area contributed by atoms with Crippen LogP contribution in [0, 0.1) is 0 Å². The predicted octanol–water partition coefficient (Wildman–Crippen LogP) is 4.17. The van der Waals surface area contributed by atoms with E-state index in [1.807, 2.05) is 67.6 Å². The highest BCUT2D eigenvalue weighted by Gasteiger charge is 2.09. The number of benzene rings is 2. The first-order chi connectivity index (χ1) is 9.97. The van der Waals surface area contributed by atoms with Gasteiger partial charge in [-0.15, -0.1) is 12.4 Å². The molecule has 0 spiro atoms. The van der Waals surface area contributed by atoms with Crippen LogP contribution in [0.5, 0.6) is 0 Å². The van der Waals surface area contributed by atoms with Crippen molar-refractivity contribution in [1.29, 1.82) is 0 Å². The third-order valence-corrected chi connectivity index (χ3v) is 3.10. The van der Waals surface area contributed by atoms with Gasteiger partial charge in [0.15, 0.2) is 0 Å². The zero-order chi connectivity index (χ0) is 15.3. The molecule has 1 unspecified atom stereocenters. The third kappa shape index (κ3) is 5.06. The first kappa shape index (κ1) is 11.5. The molecule has 0 fully saturated rings. The molecule has 1 nitrogen and oxygen atoms in total. The van der Waals surface area contributed by atoms with Gasteiger partial charge in [-0.05, 0) is 31.4 Å². The first-order valence-electron chi connectivity index (χ1n) is 7.81. The second-order valence-electron chi connectivity index (χ2n) is 4.65. The van der Waals surface area contributed by atoms with E-state index in [4.69, 9.17) is 4.11 Å². The Labute approximate surface area is 126 Å². The minimum Gasteiger partial charge on any atom is -0.299 e. The van der Waals surface area contributed by atoms with Crippen LogP contribution in [-0.4, -0.2) is 17.9 Å². The molecule has 102 valence electrons.